The monoisotopic (exact) mass is 318 g/mol. The van der Waals surface area contributed by atoms with Crippen molar-refractivity contribution in [2.45, 2.75) is 25.8 Å². The molecule has 3 rings (SSSR count). The van der Waals surface area contributed by atoms with E-state index in [1.165, 1.54) is 11.3 Å². The lowest BCUT2D eigenvalue weighted by atomic mass is 10.0. The van der Waals surface area contributed by atoms with Crippen LogP contribution in [0, 0.1) is 6.92 Å². The van der Waals surface area contributed by atoms with E-state index in [0.717, 1.165) is 36.8 Å². The molecule has 116 valence electrons. The highest BCUT2D eigenvalue weighted by atomic mass is 32.1. The fraction of sp³-hybridized carbons (Fsp3) is 0.500. The summed E-state index contributed by atoms with van der Waals surface area (Å²) in [5, 5.41) is 17.2. The molecule has 0 spiro atoms. The number of carbonyl (C=O) groups is 1. The predicted molar refractivity (Wildman–Crippen MR) is 84.0 cm³/mol. The molecule has 1 aliphatic rings. The zero-order chi connectivity index (χ0) is 15.5. The Kier molecular flexibility index (Phi) is 4.28. The number of aryl methyl sites for hydroxylation is 1. The molecule has 1 saturated heterocycles. The molecule has 1 aliphatic heterocycles. The molecule has 2 aromatic rings. The van der Waals surface area contributed by atoms with Gasteiger partial charge in [0.15, 0.2) is 5.82 Å². The number of amides is 1. The number of rotatable bonds is 3. The smallest absolute Gasteiger partial charge is 0.284 e. The summed E-state index contributed by atoms with van der Waals surface area (Å²) >= 11 is 1.35. The number of anilines is 1. The van der Waals surface area contributed by atoms with E-state index in [2.05, 4.69) is 25.3 Å². The Hall–Kier alpha value is -2.09. The van der Waals surface area contributed by atoms with Crippen molar-refractivity contribution in [1.82, 2.24) is 25.3 Å². The molecule has 0 aromatic carbocycles. The van der Waals surface area contributed by atoms with Crippen LogP contribution in [-0.4, -0.2) is 57.4 Å². The van der Waals surface area contributed by atoms with Gasteiger partial charge in [0.25, 0.3) is 5.91 Å². The van der Waals surface area contributed by atoms with E-state index in [1.807, 2.05) is 31.0 Å². The first-order valence-electron chi connectivity index (χ1n) is 7.25. The minimum Gasteiger partial charge on any atom is -0.355 e. The Morgan fingerprint density at radius 1 is 1.32 bits per heavy atom. The largest absolute Gasteiger partial charge is 0.355 e. The van der Waals surface area contributed by atoms with E-state index in [9.17, 15) is 4.79 Å². The fourth-order valence-corrected chi connectivity index (χ4v) is 3.30. The Morgan fingerprint density at radius 2 is 2.09 bits per heavy atom. The lowest BCUT2D eigenvalue weighted by molar-refractivity contribution is 0.0712. The van der Waals surface area contributed by atoms with E-state index < -0.39 is 0 Å². The molecule has 3 heterocycles. The van der Waals surface area contributed by atoms with Gasteiger partial charge in [-0.1, -0.05) is 11.3 Å². The maximum atomic E-state index is 12.4. The molecule has 0 radical (unpaired) electrons. The third-order valence-corrected chi connectivity index (χ3v) is 4.75. The van der Waals surface area contributed by atoms with Crippen LogP contribution in [0.3, 0.4) is 0 Å². The number of nitrogens with zero attached hydrogens (tertiary/aromatic N) is 6. The van der Waals surface area contributed by atoms with E-state index in [4.69, 9.17) is 0 Å². The molecular formula is C14H18N6OS. The maximum Gasteiger partial charge on any atom is 0.284 e. The summed E-state index contributed by atoms with van der Waals surface area (Å²) in [6, 6.07) is 4.21. The molecule has 2 aromatic heterocycles. The summed E-state index contributed by atoms with van der Waals surface area (Å²) in [4.78, 5) is 16.4. The minimum absolute atomic E-state index is 0.00814. The summed E-state index contributed by atoms with van der Waals surface area (Å²) in [6.45, 7) is 3.32. The number of aromatic nitrogens is 4. The van der Waals surface area contributed by atoms with Gasteiger partial charge in [0, 0.05) is 32.4 Å². The van der Waals surface area contributed by atoms with Crippen LogP contribution in [0.15, 0.2) is 18.3 Å². The standard InChI is InChI=1S/C14H18N6OS/c1-10-16-18-13(22-10)14(21)20-8-5-11(6-9-20)19(2)12-4-3-7-15-17-12/h3-4,7,11H,5-6,8-9H2,1-2H3. The van der Waals surface area contributed by atoms with Crippen molar-refractivity contribution >= 4 is 23.1 Å². The van der Waals surface area contributed by atoms with Gasteiger partial charge in [-0.15, -0.1) is 15.3 Å². The number of likely N-dealkylation sites (tertiary alicyclic amines) is 1. The third kappa shape index (κ3) is 3.06. The fourth-order valence-electron chi connectivity index (χ4n) is 2.64. The van der Waals surface area contributed by atoms with E-state index in [0.29, 0.717) is 11.0 Å². The number of piperidine rings is 1. The van der Waals surface area contributed by atoms with Gasteiger partial charge in [-0.05, 0) is 31.9 Å². The summed E-state index contributed by atoms with van der Waals surface area (Å²) < 4.78 is 0. The van der Waals surface area contributed by atoms with Gasteiger partial charge in [-0.2, -0.15) is 5.10 Å². The first kappa shape index (κ1) is 14.8. The minimum atomic E-state index is -0.00814. The second-order valence-electron chi connectivity index (χ2n) is 5.34. The Bertz CT molecular complexity index is 638. The summed E-state index contributed by atoms with van der Waals surface area (Å²) in [6.07, 6.45) is 3.50. The van der Waals surface area contributed by atoms with Gasteiger partial charge < -0.3 is 9.80 Å². The van der Waals surface area contributed by atoms with Crippen molar-refractivity contribution < 1.29 is 4.79 Å². The molecule has 0 N–H and O–H groups in total. The molecule has 1 amide bonds. The van der Waals surface area contributed by atoms with Gasteiger partial charge in [-0.3, -0.25) is 4.79 Å². The quantitative estimate of drug-likeness (QED) is 0.851. The lowest BCUT2D eigenvalue weighted by Crippen LogP contribution is -2.45. The van der Waals surface area contributed by atoms with E-state index >= 15 is 0 Å². The third-order valence-electron chi connectivity index (χ3n) is 3.93. The van der Waals surface area contributed by atoms with Gasteiger partial charge in [0.2, 0.25) is 5.01 Å². The van der Waals surface area contributed by atoms with E-state index in [-0.39, 0.29) is 5.91 Å². The number of hydrogen-bond acceptors (Lipinski definition) is 7. The van der Waals surface area contributed by atoms with Crippen LogP contribution in [0.2, 0.25) is 0 Å². The molecule has 22 heavy (non-hydrogen) atoms. The average Bonchev–Trinajstić information content (AvgIpc) is 3.01. The molecule has 0 unspecified atom stereocenters. The van der Waals surface area contributed by atoms with Crippen LogP contribution in [-0.2, 0) is 0 Å². The highest BCUT2D eigenvalue weighted by Crippen LogP contribution is 2.21. The highest BCUT2D eigenvalue weighted by Gasteiger charge is 2.28. The zero-order valence-corrected chi connectivity index (χ0v) is 13.5. The van der Waals surface area contributed by atoms with E-state index in [1.54, 1.807) is 6.20 Å². The van der Waals surface area contributed by atoms with Gasteiger partial charge >= 0.3 is 0 Å². The van der Waals surface area contributed by atoms with Crippen molar-refractivity contribution in [3.8, 4) is 0 Å². The second kappa shape index (κ2) is 6.35. The molecule has 1 fully saturated rings. The Labute approximate surface area is 133 Å². The van der Waals surface area contributed by atoms with Crippen molar-refractivity contribution in [3.05, 3.63) is 28.3 Å². The van der Waals surface area contributed by atoms with Crippen LogP contribution in [0.25, 0.3) is 0 Å². The number of hydrogen-bond donors (Lipinski definition) is 0. The van der Waals surface area contributed by atoms with Crippen molar-refractivity contribution in [3.63, 3.8) is 0 Å². The van der Waals surface area contributed by atoms with Crippen LogP contribution >= 0.6 is 11.3 Å². The normalized spacial score (nSPS) is 15.8. The SMILES string of the molecule is Cc1nnc(C(=O)N2CCC(N(C)c3cccnn3)CC2)s1. The van der Waals surface area contributed by atoms with Crippen LogP contribution in [0.1, 0.15) is 27.7 Å². The Balaban J connectivity index is 1.59. The van der Waals surface area contributed by atoms with Crippen LogP contribution in [0.4, 0.5) is 5.82 Å². The molecule has 0 aliphatic carbocycles. The molecule has 8 heteroatoms. The van der Waals surface area contributed by atoms with Crippen LogP contribution in [0.5, 0.6) is 0 Å². The maximum absolute atomic E-state index is 12.4. The predicted octanol–water partition coefficient (Wildman–Crippen LogP) is 1.38. The van der Waals surface area contributed by atoms with Gasteiger partial charge in [0.1, 0.15) is 5.01 Å². The molecule has 0 saturated carbocycles. The Morgan fingerprint density at radius 3 is 2.68 bits per heavy atom. The molecule has 0 atom stereocenters. The topological polar surface area (TPSA) is 75.1 Å². The van der Waals surface area contributed by atoms with Crippen molar-refractivity contribution in [2.75, 3.05) is 25.0 Å². The van der Waals surface area contributed by atoms with Gasteiger partial charge in [0.05, 0.1) is 0 Å². The van der Waals surface area contributed by atoms with Crippen LogP contribution < -0.4 is 4.90 Å². The summed E-state index contributed by atoms with van der Waals surface area (Å²) in [7, 11) is 2.03. The first-order valence-corrected chi connectivity index (χ1v) is 8.06. The lowest BCUT2D eigenvalue weighted by Gasteiger charge is -2.36. The molecular weight excluding hydrogens is 300 g/mol. The highest BCUT2D eigenvalue weighted by molar-refractivity contribution is 7.13. The summed E-state index contributed by atoms with van der Waals surface area (Å²) in [5.41, 5.74) is 0. The van der Waals surface area contributed by atoms with Gasteiger partial charge in [-0.25, -0.2) is 0 Å². The molecule has 7 nitrogen and oxygen atoms in total. The first-order chi connectivity index (χ1) is 10.6. The molecule has 0 bridgehead atoms. The average molecular weight is 318 g/mol. The van der Waals surface area contributed by atoms with Crippen molar-refractivity contribution in [1.29, 1.82) is 0 Å². The zero-order valence-electron chi connectivity index (χ0n) is 12.6. The second-order valence-corrected chi connectivity index (χ2v) is 6.52. The number of carbonyl (C=O) groups excluding carboxylic acids is 1. The van der Waals surface area contributed by atoms with Crippen molar-refractivity contribution in [2.24, 2.45) is 0 Å². The summed E-state index contributed by atoms with van der Waals surface area (Å²) in [5.74, 6) is 0.859.